The van der Waals surface area contributed by atoms with Crippen molar-refractivity contribution in [1.29, 1.82) is 0 Å². The van der Waals surface area contributed by atoms with E-state index in [1.807, 2.05) is 12.1 Å². The Bertz CT molecular complexity index is 847. The van der Waals surface area contributed by atoms with Crippen LogP contribution in [0.5, 0.6) is 0 Å². The summed E-state index contributed by atoms with van der Waals surface area (Å²) in [6.07, 6.45) is 3.97. The number of nitrogens with one attached hydrogen (secondary N) is 1. The molecule has 2 fully saturated rings. The Kier molecular flexibility index (Phi) is 6.02. The summed E-state index contributed by atoms with van der Waals surface area (Å²) in [5.74, 6) is -0.0215. The summed E-state index contributed by atoms with van der Waals surface area (Å²) >= 11 is 0. The molecule has 1 atom stereocenters. The molecule has 29 heavy (non-hydrogen) atoms. The lowest BCUT2D eigenvalue weighted by atomic mass is 9.79. The fraction of sp³-hybridized carbons (Fsp3) is 0.480. The molecule has 0 radical (unpaired) electrons. The zero-order valence-corrected chi connectivity index (χ0v) is 17.8. The molecule has 2 saturated heterocycles. The highest BCUT2D eigenvalue weighted by molar-refractivity contribution is 5.88. The molecule has 0 aromatic heterocycles. The minimum Gasteiger partial charge on any atom is -0.326 e. The van der Waals surface area contributed by atoms with Crippen LogP contribution in [0.2, 0.25) is 0 Å². The van der Waals surface area contributed by atoms with E-state index in [0.29, 0.717) is 5.41 Å². The standard InChI is InChI=1S/C25H33N3O/c1-20-5-3-6-23(15-20)17-27-13-4-11-25(18-27)12-14-28(19-25)16-22-7-9-24(10-8-22)26-21(2)29/h3,5-10,15H,4,11-14,16-19H2,1-2H3,(H,26,29)/t25-/m1/s1. The minimum atomic E-state index is -0.0215. The fourth-order valence-electron chi connectivity index (χ4n) is 5.16. The van der Waals surface area contributed by atoms with Crippen molar-refractivity contribution in [1.82, 2.24) is 9.80 Å². The molecule has 0 unspecified atom stereocenters. The van der Waals surface area contributed by atoms with Crippen molar-refractivity contribution < 1.29 is 4.79 Å². The zero-order valence-electron chi connectivity index (χ0n) is 17.8. The van der Waals surface area contributed by atoms with Gasteiger partial charge in [0.25, 0.3) is 0 Å². The smallest absolute Gasteiger partial charge is 0.221 e. The summed E-state index contributed by atoms with van der Waals surface area (Å²) in [6.45, 7) is 10.6. The lowest BCUT2D eigenvalue weighted by Gasteiger charge is -2.40. The van der Waals surface area contributed by atoms with Crippen LogP contribution in [0.25, 0.3) is 0 Å². The highest BCUT2D eigenvalue weighted by Crippen LogP contribution is 2.39. The van der Waals surface area contributed by atoms with Crippen molar-refractivity contribution in [2.75, 3.05) is 31.5 Å². The number of piperidine rings is 1. The van der Waals surface area contributed by atoms with E-state index in [1.54, 1.807) is 6.92 Å². The Morgan fingerprint density at radius 1 is 0.966 bits per heavy atom. The van der Waals surface area contributed by atoms with E-state index >= 15 is 0 Å². The van der Waals surface area contributed by atoms with E-state index < -0.39 is 0 Å². The van der Waals surface area contributed by atoms with Crippen molar-refractivity contribution in [3.05, 3.63) is 65.2 Å². The number of benzene rings is 2. The molecule has 1 N–H and O–H groups in total. The van der Waals surface area contributed by atoms with E-state index in [4.69, 9.17) is 0 Å². The Morgan fingerprint density at radius 3 is 2.41 bits per heavy atom. The third-order valence-electron chi connectivity index (χ3n) is 6.43. The van der Waals surface area contributed by atoms with Gasteiger partial charge in [0.05, 0.1) is 0 Å². The average molecular weight is 392 g/mol. The van der Waals surface area contributed by atoms with Gasteiger partial charge in [-0.3, -0.25) is 14.6 Å². The van der Waals surface area contributed by atoms with Gasteiger partial charge < -0.3 is 5.32 Å². The summed E-state index contributed by atoms with van der Waals surface area (Å²) in [6, 6.07) is 17.2. The first kappa shape index (κ1) is 20.1. The first-order valence-corrected chi connectivity index (χ1v) is 10.9. The van der Waals surface area contributed by atoms with Crippen molar-refractivity contribution in [3.8, 4) is 0 Å². The van der Waals surface area contributed by atoms with Gasteiger partial charge in [0.1, 0.15) is 0 Å². The summed E-state index contributed by atoms with van der Waals surface area (Å²) in [7, 11) is 0. The summed E-state index contributed by atoms with van der Waals surface area (Å²) < 4.78 is 0. The second-order valence-electron chi connectivity index (χ2n) is 9.14. The Balaban J connectivity index is 1.33. The third-order valence-corrected chi connectivity index (χ3v) is 6.43. The molecule has 0 bridgehead atoms. The van der Waals surface area contributed by atoms with Gasteiger partial charge in [0.2, 0.25) is 5.91 Å². The Hall–Kier alpha value is -2.17. The van der Waals surface area contributed by atoms with E-state index in [9.17, 15) is 4.79 Å². The molecular formula is C25H33N3O. The number of nitrogens with zero attached hydrogens (tertiary/aromatic N) is 2. The minimum absolute atomic E-state index is 0.0215. The van der Waals surface area contributed by atoms with Crippen LogP contribution in [-0.4, -0.2) is 41.9 Å². The van der Waals surface area contributed by atoms with Crippen molar-refractivity contribution >= 4 is 11.6 Å². The molecule has 2 heterocycles. The van der Waals surface area contributed by atoms with Crippen LogP contribution in [0.1, 0.15) is 42.9 Å². The van der Waals surface area contributed by atoms with Crippen molar-refractivity contribution in [2.45, 2.75) is 46.2 Å². The summed E-state index contributed by atoms with van der Waals surface area (Å²) in [5, 5.41) is 2.84. The largest absolute Gasteiger partial charge is 0.326 e. The Morgan fingerprint density at radius 2 is 1.69 bits per heavy atom. The SMILES string of the molecule is CC(=O)Nc1ccc(CN2CC[C@@]3(CCCN(Cc4cccc(C)c4)C3)C2)cc1. The molecule has 154 valence electrons. The highest BCUT2D eigenvalue weighted by Gasteiger charge is 2.41. The van der Waals surface area contributed by atoms with Gasteiger partial charge in [0.15, 0.2) is 0 Å². The Labute approximate surface area is 174 Å². The molecule has 2 aliphatic heterocycles. The molecule has 4 rings (SSSR count). The maximum Gasteiger partial charge on any atom is 0.221 e. The van der Waals surface area contributed by atoms with Crippen LogP contribution in [0.3, 0.4) is 0 Å². The molecule has 0 saturated carbocycles. The van der Waals surface area contributed by atoms with Gasteiger partial charge in [-0.15, -0.1) is 0 Å². The topological polar surface area (TPSA) is 35.6 Å². The predicted molar refractivity (Wildman–Crippen MR) is 119 cm³/mol. The molecular weight excluding hydrogens is 358 g/mol. The molecule has 1 spiro atoms. The molecule has 1 amide bonds. The second-order valence-corrected chi connectivity index (χ2v) is 9.14. The first-order chi connectivity index (χ1) is 14.0. The average Bonchev–Trinajstić information content (AvgIpc) is 3.04. The number of rotatable bonds is 5. The number of aryl methyl sites for hydroxylation is 1. The van der Waals surface area contributed by atoms with Gasteiger partial charge in [-0.2, -0.15) is 0 Å². The van der Waals surface area contributed by atoms with Crippen molar-refractivity contribution in [2.24, 2.45) is 5.41 Å². The molecule has 0 aliphatic carbocycles. The quantitative estimate of drug-likeness (QED) is 0.818. The lowest BCUT2D eigenvalue weighted by molar-refractivity contribution is -0.114. The van der Waals surface area contributed by atoms with E-state index in [1.165, 1.54) is 62.1 Å². The lowest BCUT2D eigenvalue weighted by Crippen LogP contribution is -2.44. The van der Waals surface area contributed by atoms with Crippen LogP contribution >= 0.6 is 0 Å². The number of amides is 1. The van der Waals surface area contributed by atoms with Crippen LogP contribution in [-0.2, 0) is 17.9 Å². The van der Waals surface area contributed by atoms with E-state index in [2.05, 4.69) is 58.4 Å². The zero-order chi connectivity index (χ0) is 20.3. The monoisotopic (exact) mass is 391 g/mol. The van der Waals surface area contributed by atoms with Gasteiger partial charge in [-0.05, 0) is 68.0 Å². The number of anilines is 1. The number of hydrogen-bond donors (Lipinski definition) is 1. The fourth-order valence-corrected chi connectivity index (χ4v) is 5.16. The number of hydrogen-bond acceptors (Lipinski definition) is 3. The number of likely N-dealkylation sites (tertiary alicyclic amines) is 2. The van der Waals surface area contributed by atoms with Crippen LogP contribution < -0.4 is 5.32 Å². The normalized spacial score (nSPS) is 22.8. The predicted octanol–water partition coefficient (Wildman–Crippen LogP) is 4.44. The number of carbonyl (C=O) groups excluding carboxylic acids is 1. The van der Waals surface area contributed by atoms with Crippen LogP contribution in [0, 0.1) is 12.3 Å². The molecule has 2 aromatic rings. The molecule has 2 aliphatic rings. The maximum absolute atomic E-state index is 11.2. The van der Waals surface area contributed by atoms with E-state index in [0.717, 1.165) is 18.8 Å². The van der Waals surface area contributed by atoms with Crippen LogP contribution in [0.4, 0.5) is 5.69 Å². The third kappa shape index (κ3) is 5.26. The van der Waals surface area contributed by atoms with Crippen LogP contribution in [0.15, 0.2) is 48.5 Å². The molecule has 4 heteroatoms. The van der Waals surface area contributed by atoms with Gasteiger partial charge in [0, 0.05) is 38.8 Å². The summed E-state index contributed by atoms with van der Waals surface area (Å²) in [4.78, 5) is 16.5. The van der Waals surface area contributed by atoms with E-state index in [-0.39, 0.29) is 5.91 Å². The summed E-state index contributed by atoms with van der Waals surface area (Å²) in [5.41, 5.74) is 5.45. The second kappa shape index (κ2) is 8.68. The molecule has 4 nitrogen and oxygen atoms in total. The van der Waals surface area contributed by atoms with Gasteiger partial charge in [-0.25, -0.2) is 0 Å². The first-order valence-electron chi connectivity index (χ1n) is 10.9. The van der Waals surface area contributed by atoms with Crippen molar-refractivity contribution in [3.63, 3.8) is 0 Å². The number of carbonyl (C=O) groups is 1. The maximum atomic E-state index is 11.2. The van der Waals surface area contributed by atoms with Gasteiger partial charge in [-0.1, -0.05) is 42.0 Å². The van der Waals surface area contributed by atoms with Gasteiger partial charge >= 0.3 is 0 Å². The highest BCUT2D eigenvalue weighted by atomic mass is 16.1. The molecule has 2 aromatic carbocycles.